The lowest BCUT2D eigenvalue weighted by atomic mass is 10.0. The van der Waals surface area contributed by atoms with Crippen molar-refractivity contribution < 1.29 is 14.2 Å². The van der Waals surface area contributed by atoms with Gasteiger partial charge in [-0.05, 0) is 24.9 Å². The standard InChI is InChI=1S/C7H14FNO2/c1-5-3-6(9-2)4-7(10-5)11-8/h5-7,9H,3-4H2,1-2H3. The largest absolute Gasteiger partial charge is 0.346 e. The number of rotatable bonds is 2. The summed E-state index contributed by atoms with van der Waals surface area (Å²) in [6.07, 6.45) is 0.881. The highest BCUT2D eigenvalue weighted by molar-refractivity contribution is 4.74. The Hall–Kier alpha value is -0.190. The van der Waals surface area contributed by atoms with Gasteiger partial charge in [-0.1, -0.05) is 0 Å². The molecule has 4 heteroatoms. The van der Waals surface area contributed by atoms with E-state index in [1.165, 1.54) is 0 Å². The van der Waals surface area contributed by atoms with Crippen LogP contribution in [0, 0.1) is 0 Å². The fourth-order valence-electron chi connectivity index (χ4n) is 1.39. The number of halogens is 1. The van der Waals surface area contributed by atoms with Gasteiger partial charge in [0.2, 0.25) is 0 Å². The summed E-state index contributed by atoms with van der Waals surface area (Å²) in [4.78, 5) is 3.63. The molecular weight excluding hydrogens is 149 g/mol. The smallest absolute Gasteiger partial charge is 0.198 e. The van der Waals surface area contributed by atoms with Crippen molar-refractivity contribution in [1.82, 2.24) is 5.32 Å². The molecule has 0 aromatic heterocycles. The zero-order chi connectivity index (χ0) is 8.27. The molecule has 0 radical (unpaired) electrons. The van der Waals surface area contributed by atoms with E-state index in [9.17, 15) is 4.53 Å². The van der Waals surface area contributed by atoms with E-state index in [2.05, 4.69) is 10.3 Å². The number of nitrogens with one attached hydrogen (secondary N) is 1. The van der Waals surface area contributed by atoms with Crippen LogP contribution < -0.4 is 5.32 Å². The van der Waals surface area contributed by atoms with Crippen molar-refractivity contribution in [1.29, 1.82) is 0 Å². The highest BCUT2D eigenvalue weighted by Gasteiger charge is 2.27. The quantitative estimate of drug-likeness (QED) is 0.658. The lowest BCUT2D eigenvalue weighted by molar-refractivity contribution is -0.300. The van der Waals surface area contributed by atoms with E-state index in [-0.39, 0.29) is 6.10 Å². The zero-order valence-electron chi connectivity index (χ0n) is 6.84. The molecule has 66 valence electrons. The van der Waals surface area contributed by atoms with Crippen molar-refractivity contribution in [2.45, 2.75) is 38.2 Å². The molecule has 1 saturated heterocycles. The molecule has 0 spiro atoms. The van der Waals surface area contributed by atoms with Crippen LogP contribution in [0.4, 0.5) is 4.53 Å². The van der Waals surface area contributed by atoms with E-state index in [1.54, 1.807) is 0 Å². The zero-order valence-corrected chi connectivity index (χ0v) is 6.84. The highest BCUT2D eigenvalue weighted by atomic mass is 19.3. The summed E-state index contributed by atoms with van der Waals surface area (Å²) in [5, 5.41) is 3.07. The highest BCUT2D eigenvalue weighted by Crippen LogP contribution is 2.19. The predicted octanol–water partition coefficient (Wildman–Crippen LogP) is 1.00. The molecule has 0 amide bonds. The molecule has 1 N–H and O–H groups in total. The van der Waals surface area contributed by atoms with Gasteiger partial charge in [0.25, 0.3) is 0 Å². The van der Waals surface area contributed by atoms with Crippen molar-refractivity contribution in [3.63, 3.8) is 0 Å². The molecule has 1 heterocycles. The maximum Gasteiger partial charge on any atom is 0.198 e. The summed E-state index contributed by atoms with van der Waals surface area (Å²) in [7, 11) is 1.86. The lowest BCUT2D eigenvalue weighted by Crippen LogP contribution is -2.40. The minimum atomic E-state index is -0.684. The summed E-state index contributed by atoms with van der Waals surface area (Å²) < 4.78 is 16.8. The van der Waals surface area contributed by atoms with Crippen LogP contribution in [0.25, 0.3) is 0 Å². The first-order valence-corrected chi connectivity index (χ1v) is 3.86. The minimum Gasteiger partial charge on any atom is -0.346 e. The van der Waals surface area contributed by atoms with Gasteiger partial charge in [-0.25, -0.2) is 0 Å². The van der Waals surface area contributed by atoms with E-state index in [0.717, 1.165) is 6.42 Å². The third-order valence-electron chi connectivity index (χ3n) is 1.99. The van der Waals surface area contributed by atoms with Crippen molar-refractivity contribution in [3.8, 4) is 0 Å². The summed E-state index contributed by atoms with van der Waals surface area (Å²) in [5.74, 6) is 0. The molecule has 1 aliphatic heterocycles. The molecular formula is C7H14FNO2. The monoisotopic (exact) mass is 163 g/mol. The molecule has 1 aliphatic rings. The SMILES string of the molecule is CNC1CC(C)OC(OF)C1. The normalized spacial score (nSPS) is 39.0. The Balaban J connectivity index is 2.37. The third kappa shape index (κ3) is 2.39. The summed E-state index contributed by atoms with van der Waals surface area (Å²) in [6, 6.07) is 0.305. The number of hydrogen-bond donors (Lipinski definition) is 1. The van der Waals surface area contributed by atoms with Gasteiger partial charge in [0.05, 0.1) is 6.10 Å². The van der Waals surface area contributed by atoms with Crippen molar-refractivity contribution >= 4 is 0 Å². The molecule has 1 fully saturated rings. The fraction of sp³-hybridized carbons (Fsp3) is 1.00. The summed E-state index contributed by atoms with van der Waals surface area (Å²) in [5.41, 5.74) is 0. The van der Waals surface area contributed by atoms with Gasteiger partial charge in [0.15, 0.2) is 6.29 Å². The maximum atomic E-state index is 11.7. The van der Waals surface area contributed by atoms with E-state index in [0.29, 0.717) is 12.5 Å². The first-order chi connectivity index (χ1) is 5.26. The van der Waals surface area contributed by atoms with Crippen molar-refractivity contribution in [2.24, 2.45) is 0 Å². The Bertz CT molecular complexity index is 111. The first kappa shape index (κ1) is 8.90. The summed E-state index contributed by atoms with van der Waals surface area (Å²) in [6.45, 7) is 1.91. The van der Waals surface area contributed by atoms with Gasteiger partial charge < -0.3 is 10.1 Å². The van der Waals surface area contributed by atoms with Crippen molar-refractivity contribution in [2.75, 3.05) is 7.05 Å². The van der Waals surface area contributed by atoms with Gasteiger partial charge in [0, 0.05) is 12.5 Å². The van der Waals surface area contributed by atoms with Gasteiger partial charge >= 0.3 is 0 Å². The summed E-state index contributed by atoms with van der Waals surface area (Å²) >= 11 is 0. The van der Waals surface area contributed by atoms with Crippen LogP contribution >= 0.6 is 0 Å². The molecule has 1 rings (SSSR count). The second-order valence-corrected chi connectivity index (χ2v) is 2.92. The van der Waals surface area contributed by atoms with Crippen LogP contribution in [0.15, 0.2) is 0 Å². The lowest BCUT2D eigenvalue weighted by Gasteiger charge is -2.30. The number of hydrogen-bond acceptors (Lipinski definition) is 3. The van der Waals surface area contributed by atoms with Gasteiger partial charge in [-0.2, -0.15) is 4.94 Å². The Morgan fingerprint density at radius 3 is 2.82 bits per heavy atom. The molecule has 0 aromatic rings. The molecule has 3 nitrogen and oxygen atoms in total. The predicted molar refractivity (Wildman–Crippen MR) is 38.6 cm³/mol. The van der Waals surface area contributed by atoms with E-state index < -0.39 is 6.29 Å². The topological polar surface area (TPSA) is 30.5 Å². The van der Waals surface area contributed by atoms with E-state index in [4.69, 9.17) is 4.74 Å². The van der Waals surface area contributed by atoms with Gasteiger partial charge in [0.1, 0.15) is 0 Å². The number of ether oxygens (including phenoxy) is 1. The first-order valence-electron chi connectivity index (χ1n) is 3.86. The van der Waals surface area contributed by atoms with Crippen LogP contribution in [0.1, 0.15) is 19.8 Å². The average molecular weight is 163 g/mol. The molecule has 3 atom stereocenters. The molecule has 11 heavy (non-hydrogen) atoms. The fourth-order valence-corrected chi connectivity index (χ4v) is 1.39. The van der Waals surface area contributed by atoms with Crippen LogP contribution in [0.5, 0.6) is 0 Å². The van der Waals surface area contributed by atoms with Gasteiger partial charge in [-0.3, -0.25) is 0 Å². The van der Waals surface area contributed by atoms with Crippen LogP contribution in [0.2, 0.25) is 0 Å². The third-order valence-corrected chi connectivity index (χ3v) is 1.99. The molecule has 0 aliphatic carbocycles. The maximum absolute atomic E-state index is 11.7. The minimum absolute atomic E-state index is 0.0712. The van der Waals surface area contributed by atoms with Crippen LogP contribution in [-0.4, -0.2) is 25.5 Å². The molecule has 0 saturated carbocycles. The Morgan fingerprint density at radius 2 is 2.27 bits per heavy atom. The van der Waals surface area contributed by atoms with E-state index >= 15 is 0 Å². The van der Waals surface area contributed by atoms with Crippen LogP contribution in [-0.2, 0) is 9.68 Å². The van der Waals surface area contributed by atoms with Crippen LogP contribution in [0.3, 0.4) is 0 Å². The van der Waals surface area contributed by atoms with Gasteiger partial charge in [-0.15, -0.1) is 0 Å². The Morgan fingerprint density at radius 1 is 1.55 bits per heavy atom. The Labute approximate surface area is 65.8 Å². The second-order valence-electron chi connectivity index (χ2n) is 2.92. The van der Waals surface area contributed by atoms with Crippen molar-refractivity contribution in [3.05, 3.63) is 0 Å². The van der Waals surface area contributed by atoms with E-state index in [1.807, 2.05) is 14.0 Å². The molecule has 0 bridgehead atoms. The second kappa shape index (κ2) is 3.99. The molecule has 3 unspecified atom stereocenters. The Kier molecular flexibility index (Phi) is 3.23. The average Bonchev–Trinajstić information content (AvgIpc) is 2.03. The molecule has 0 aromatic carbocycles.